The van der Waals surface area contributed by atoms with Gasteiger partial charge in [-0.1, -0.05) is 72.3 Å². The van der Waals surface area contributed by atoms with Gasteiger partial charge in [0.2, 0.25) is 11.5 Å². The van der Waals surface area contributed by atoms with Crippen LogP contribution in [0.5, 0.6) is 0 Å². The monoisotopic (exact) mass is 416 g/mol. The summed E-state index contributed by atoms with van der Waals surface area (Å²) in [4.78, 5) is 16.4. The summed E-state index contributed by atoms with van der Waals surface area (Å²) in [6.07, 6.45) is 0. The number of aliphatic hydroxyl groups is 2. The normalized spacial score (nSPS) is 24.9. The Morgan fingerprint density at radius 3 is 2.20 bits per heavy atom. The molecule has 3 aromatic carbocycles. The van der Waals surface area contributed by atoms with E-state index in [1.165, 1.54) is 9.80 Å². The molecule has 0 amide bonds. The lowest BCUT2D eigenvalue weighted by Crippen LogP contribution is -2.60. The molecule has 2 atom stereocenters. The van der Waals surface area contributed by atoms with Gasteiger partial charge in [-0.15, -0.1) is 0 Å². The maximum absolute atomic E-state index is 13.4. The topological polar surface area (TPSA) is 64.0 Å². The molecule has 0 bridgehead atoms. The first-order valence-electron chi connectivity index (χ1n) is 9.70. The second kappa shape index (κ2) is 6.47. The average molecular weight is 417 g/mol. The number of nitrogens with zero attached hydrogens (tertiary/aromatic N) is 2. The Morgan fingerprint density at radius 1 is 0.867 bits per heavy atom. The van der Waals surface area contributed by atoms with Crippen LogP contribution < -0.4 is 4.90 Å². The molecule has 0 aromatic heterocycles. The van der Waals surface area contributed by atoms with Crippen molar-refractivity contribution in [3.05, 3.63) is 101 Å². The fourth-order valence-corrected chi connectivity index (χ4v) is 4.87. The predicted molar refractivity (Wildman–Crippen MR) is 118 cm³/mol. The van der Waals surface area contributed by atoms with Crippen LogP contribution in [-0.4, -0.2) is 31.7 Å². The highest BCUT2D eigenvalue weighted by molar-refractivity contribution is 7.80. The van der Waals surface area contributed by atoms with E-state index in [0.29, 0.717) is 16.8 Å². The van der Waals surface area contributed by atoms with Gasteiger partial charge in [0.1, 0.15) is 0 Å². The minimum absolute atomic E-state index is 0.182. The standard InChI is InChI=1S/C24H20N2O3S/c1-16-11-13-17(14-12-16)15-25-22(30)26(18-7-3-2-4-8-18)23(28)20-10-6-5-9-19(20)21(27)24(23,25)29/h2-14,28-29H,15H2,1H3/t23-,24+/m1/s1. The van der Waals surface area contributed by atoms with Crippen LogP contribution in [0.1, 0.15) is 27.0 Å². The number of carbonyl (C=O) groups excluding carboxylic acids is 1. The number of para-hydroxylation sites is 1. The molecule has 0 radical (unpaired) electrons. The van der Waals surface area contributed by atoms with Gasteiger partial charge in [0, 0.05) is 23.4 Å². The van der Waals surface area contributed by atoms with E-state index < -0.39 is 17.2 Å². The van der Waals surface area contributed by atoms with Crippen molar-refractivity contribution >= 4 is 28.8 Å². The summed E-state index contributed by atoms with van der Waals surface area (Å²) in [5.74, 6) is -0.562. The SMILES string of the molecule is Cc1ccc(CN2C(=S)N(c3ccccc3)[C@@]3(O)c4ccccc4C(=O)[C@@]23O)cc1. The number of fused-ring (bicyclic) bond motifs is 3. The minimum atomic E-state index is -2.24. The van der Waals surface area contributed by atoms with Crippen molar-refractivity contribution in [3.63, 3.8) is 0 Å². The maximum atomic E-state index is 13.4. The lowest BCUT2D eigenvalue weighted by Gasteiger charge is -2.37. The largest absolute Gasteiger partial charge is 0.362 e. The lowest BCUT2D eigenvalue weighted by atomic mass is 9.97. The highest BCUT2D eigenvalue weighted by Gasteiger charge is 2.74. The number of Topliss-reactive ketones (excluding diaryl/α,β-unsaturated/α-hetero) is 1. The maximum Gasteiger partial charge on any atom is 0.259 e. The molecule has 5 rings (SSSR count). The van der Waals surface area contributed by atoms with Gasteiger partial charge in [-0.3, -0.25) is 9.69 Å². The van der Waals surface area contributed by atoms with E-state index in [4.69, 9.17) is 12.2 Å². The third-order valence-corrected chi connectivity index (χ3v) is 6.37. The Balaban J connectivity index is 1.72. The number of benzene rings is 3. The molecule has 1 heterocycles. The van der Waals surface area contributed by atoms with Crippen molar-refractivity contribution in [1.82, 2.24) is 4.90 Å². The zero-order valence-corrected chi connectivity index (χ0v) is 17.1. The zero-order valence-electron chi connectivity index (χ0n) is 16.3. The lowest BCUT2D eigenvalue weighted by molar-refractivity contribution is -0.156. The van der Waals surface area contributed by atoms with Crippen LogP contribution in [0.3, 0.4) is 0 Å². The van der Waals surface area contributed by atoms with Gasteiger partial charge in [-0.05, 0) is 36.8 Å². The van der Waals surface area contributed by atoms with E-state index in [1.807, 2.05) is 49.4 Å². The first kappa shape index (κ1) is 18.9. The summed E-state index contributed by atoms with van der Waals surface area (Å²) in [5, 5.41) is 24.1. The van der Waals surface area contributed by atoms with Crippen molar-refractivity contribution < 1.29 is 15.0 Å². The molecular formula is C24H20N2O3S. The van der Waals surface area contributed by atoms with Gasteiger partial charge in [-0.2, -0.15) is 0 Å². The third kappa shape index (κ3) is 2.29. The van der Waals surface area contributed by atoms with Gasteiger partial charge in [0.25, 0.3) is 5.72 Å². The van der Waals surface area contributed by atoms with Gasteiger partial charge in [0.15, 0.2) is 5.11 Å². The molecular weight excluding hydrogens is 396 g/mol. The molecule has 30 heavy (non-hydrogen) atoms. The second-order valence-corrected chi connectivity index (χ2v) is 8.11. The average Bonchev–Trinajstić information content (AvgIpc) is 3.05. The Bertz CT molecular complexity index is 1160. The van der Waals surface area contributed by atoms with E-state index in [-0.39, 0.29) is 11.7 Å². The molecule has 0 spiro atoms. The number of hydrogen-bond donors (Lipinski definition) is 2. The highest BCUT2D eigenvalue weighted by Crippen LogP contribution is 2.54. The number of carbonyl (C=O) groups is 1. The number of thiocarbonyl (C=S) groups is 1. The van der Waals surface area contributed by atoms with Crippen molar-refractivity contribution in [2.24, 2.45) is 0 Å². The molecule has 1 fully saturated rings. The Hall–Kier alpha value is -3.06. The van der Waals surface area contributed by atoms with Crippen LogP contribution in [0.15, 0.2) is 78.9 Å². The van der Waals surface area contributed by atoms with Gasteiger partial charge >= 0.3 is 0 Å². The number of hydrogen-bond acceptors (Lipinski definition) is 4. The number of ketones is 1. The summed E-state index contributed by atoms with van der Waals surface area (Å²) in [6.45, 7) is 2.17. The van der Waals surface area contributed by atoms with Crippen LogP contribution >= 0.6 is 12.2 Å². The van der Waals surface area contributed by atoms with E-state index in [9.17, 15) is 15.0 Å². The summed E-state index contributed by atoms with van der Waals surface area (Å²) in [6, 6.07) is 23.6. The first-order valence-corrected chi connectivity index (χ1v) is 10.1. The summed E-state index contributed by atoms with van der Waals surface area (Å²) in [7, 11) is 0. The van der Waals surface area contributed by atoms with Crippen LogP contribution in [0.4, 0.5) is 5.69 Å². The molecule has 3 aromatic rings. The molecule has 2 N–H and O–H groups in total. The quantitative estimate of drug-likeness (QED) is 0.639. The van der Waals surface area contributed by atoms with Crippen LogP contribution in [-0.2, 0) is 12.3 Å². The smallest absolute Gasteiger partial charge is 0.259 e. The zero-order chi connectivity index (χ0) is 21.1. The van der Waals surface area contributed by atoms with Crippen molar-refractivity contribution in [2.45, 2.75) is 24.9 Å². The molecule has 150 valence electrons. The molecule has 0 unspecified atom stereocenters. The summed E-state index contributed by atoms with van der Waals surface area (Å²) in [5.41, 5.74) is -1.07. The van der Waals surface area contributed by atoms with E-state index in [2.05, 4.69) is 0 Å². The number of aryl methyl sites for hydroxylation is 1. The summed E-state index contributed by atoms with van der Waals surface area (Å²) < 4.78 is 0. The Kier molecular flexibility index (Phi) is 4.08. The Labute approximate surface area is 179 Å². The van der Waals surface area contributed by atoms with Crippen molar-refractivity contribution in [3.8, 4) is 0 Å². The summed E-state index contributed by atoms with van der Waals surface area (Å²) >= 11 is 5.73. The van der Waals surface area contributed by atoms with E-state index in [0.717, 1.165) is 11.1 Å². The first-order chi connectivity index (χ1) is 14.4. The second-order valence-electron chi connectivity index (χ2n) is 7.74. The molecule has 1 aliphatic heterocycles. The van der Waals surface area contributed by atoms with Gasteiger partial charge in [-0.25, -0.2) is 0 Å². The fraction of sp³-hybridized carbons (Fsp3) is 0.167. The highest BCUT2D eigenvalue weighted by atomic mass is 32.1. The third-order valence-electron chi connectivity index (χ3n) is 5.96. The molecule has 1 aliphatic carbocycles. The molecule has 6 heteroatoms. The van der Waals surface area contributed by atoms with Crippen molar-refractivity contribution in [2.75, 3.05) is 4.90 Å². The Morgan fingerprint density at radius 2 is 1.50 bits per heavy atom. The molecule has 0 saturated carbocycles. The van der Waals surface area contributed by atoms with Crippen molar-refractivity contribution in [1.29, 1.82) is 0 Å². The fourth-order valence-electron chi connectivity index (χ4n) is 4.44. The molecule has 5 nitrogen and oxygen atoms in total. The minimum Gasteiger partial charge on any atom is -0.362 e. The van der Waals surface area contributed by atoms with Gasteiger partial charge in [0.05, 0.1) is 0 Å². The molecule has 1 saturated heterocycles. The van der Waals surface area contributed by atoms with E-state index in [1.54, 1.807) is 36.4 Å². The van der Waals surface area contributed by atoms with Crippen LogP contribution in [0.25, 0.3) is 0 Å². The predicted octanol–water partition coefficient (Wildman–Crippen LogP) is 3.33. The van der Waals surface area contributed by atoms with Crippen LogP contribution in [0, 0.1) is 6.92 Å². The molecule has 2 aliphatic rings. The number of rotatable bonds is 3. The van der Waals surface area contributed by atoms with Gasteiger partial charge < -0.3 is 15.1 Å². The van der Waals surface area contributed by atoms with Crippen LogP contribution in [0.2, 0.25) is 0 Å². The number of anilines is 1. The van der Waals surface area contributed by atoms with E-state index >= 15 is 0 Å².